The number of nitrogens with zero attached hydrogens (tertiary/aromatic N) is 2. The van der Waals surface area contributed by atoms with Gasteiger partial charge in [-0.05, 0) is 43.0 Å². The zero-order valence-electron chi connectivity index (χ0n) is 12.8. The maximum Gasteiger partial charge on any atom is 0.243 e. The summed E-state index contributed by atoms with van der Waals surface area (Å²) < 4.78 is 25.1. The van der Waals surface area contributed by atoms with Crippen LogP contribution in [0.1, 0.15) is 19.8 Å². The maximum atomic E-state index is 12.4. The van der Waals surface area contributed by atoms with Crippen molar-refractivity contribution in [2.24, 2.45) is 5.92 Å². The van der Waals surface area contributed by atoms with Crippen molar-refractivity contribution in [2.75, 3.05) is 30.2 Å². The topological polar surface area (TPSA) is 57.7 Å². The van der Waals surface area contributed by atoms with Crippen molar-refractivity contribution in [2.45, 2.75) is 19.8 Å². The van der Waals surface area contributed by atoms with Gasteiger partial charge in [0, 0.05) is 18.1 Å². The molecule has 1 fully saturated rings. The highest BCUT2D eigenvalue weighted by molar-refractivity contribution is 7.92. The summed E-state index contributed by atoms with van der Waals surface area (Å²) in [6.07, 6.45) is 3.03. The highest BCUT2D eigenvalue weighted by Gasteiger charge is 2.26. The second kappa shape index (κ2) is 6.87. The zero-order valence-corrected chi connectivity index (χ0v) is 14.4. The fourth-order valence-electron chi connectivity index (χ4n) is 2.49. The molecule has 22 heavy (non-hydrogen) atoms. The van der Waals surface area contributed by atoms with Gasteiger partial charge in [-0.3, -0.25) is 9.10 Å². The number of hydrogen-bond donors (Lipinski definition) is 0. The van der Waals surface area contributed by atoms with E-state index >= 15 is 0 Å². The largest absolute Gasteiger partial charge is 0.341 e. The van der Waals surface area contributed by atoms with Crippen molar-refractivity contribution in [3.05, 3.63) is 29.3 Å². The van der Waals surface area contributed by atoms with Gasteiger partial charge in [0.25, 0.3) is 0 Å². The summed E-state index contributed by atoms with van der Waals surface area (Å²) in [6.45, 7) is 3.38. The Hall–Kier alpha value is -1.27. The molecule has 1 saturated heterocycles. The van der Waals surface area contributed by atoms with Crippen LogP contribution < -0.4 is 4.31 Å². The third kappa shape index (κ3) is 4.36. The molecule has 0 bridgehead atoms. The molecule has 0 aromatic heterocycles. The van der Waals surface area contributed by atoms with Crippen molar-refractivity contribution in [3.63, 3.8) is 0 Å². The number of piperidine rings is 1. The Morgan fingerprint density at radius 3 is 2.32 bits per heavy atom. The maximum absolute atomic E-state index is 12.4. The van der Waals surface area contributed by atoms with Crippen molar-refractivity contribution in [1.29, 1.82) is 0 Å². The smallest absolute Gasteiger partial charge is 0.243 e. The first-order valence-electron chi connectivity index (χ1n) is 7.28. The predicted octanol–water partition coefficient (Wildman–Crippen LogP) is 2.36. The van der Waals surface area contributed by atoms with Gasteiger partial charge in [0.05, 0.1) is 11.9 Å². The van der Waals surface area contributed by atoms with Crippen LogP contribution in [0.5, 0.6) is 0 Å². The summed E-state index contributed by atoms with van der Waals surface area (Å²) in [6, 6.07) is 6.44. The Morgan fingerprint density at radius 2 is 1.82 bits per heavy atom. The Kier molecular flexibility index (Phi) is 5.34. The summed E-state index contributed by atoms with van der Waals surface area (Å²) >= 11 is 5.83. The van der Waals surface area contributed by atoms with Crippen molar-refractivity contribution in [1.82, 2.24) is 4.90 Å². The van der Waals surface area contributed by atoms with Crippen LogP contribution in [-0.4, -0.2) is 45.1 Å². The lowest BCUT2D eigenvalue weighted by atomic mass is 9.99. The monoisotopic (exact) mass is 344 g/mol. The molecule has 0 N–H and O–H groups in total. The molecule has 0 saturated carbocycles. The summed E-state index contributed by atoms with van der Waals surface area (Å²) in [5.74, 6) is 0.457. The van der Waals surface area contributed by atoms with Crippen LogP contribution in [0.25, 0.3) is 0 Å². The lowest BCUT2D eigenvalue weighted by molar-refractivity contribution is -0.130. The van der Waals surface area contributed by atoms with Gasteiger partial charge in [0.2, 0.25) is 15.9 Å². The molecule has 0 unspecified atom stereocenters. The highest BCUT2D eigenvalue weighted by Crippen LogP contribution is 2.21. The molecule has 1 heterocycles. The molecule has 1 aromatic carbocycles. The van der Waals surface area contributed by atoms with Crippen LogP contribution in [0.4, 0.5) is 5.69 Å². The van der Waals surface area contributed by atoms with E-state index in [2.05, 4.69) is 6.92 Å². The van der Waals surface area contributed by atoms with E-state index in [9.17, 15) is 13.2 Å². The number of sulfonamides is 1. The van der Waals surface area contributed by atoms with Gasteiger partial charge in [0.1, 0.15) is 6.54 Å². The van der Waals surface area contributed by atoms with Gasteiger partial charge in [-0.25, -0.2) is 8.42 Å². The predicted molar refractivity (Wildman–Crippen MR) is 88.6 cm³/mol. The summed E-state index contributed by atoms with van der Waals surface area (Å²) in [5, 5.41) is 0.522. The van der Waals surface area contributed by atoms with Crippen LogP contribution in [0.3, 0.4) is 0 Å². The van der Waals surface area contributed by atoms with Crippen LogP contribution in [-0.2, 0) is 14.8 Å². The second-order valence-electron chi connectivity index (χ2n) is 5.81. The molecule has 0 atom stereocenters. The van der Waals surface area contributed by atoms with Crippen LogP contribution >= 0.6 is 11.6 Å². The lowest BCUT2D eigenvalue weighted by Crippen LogP contribution is -2.45. The molecule has 0 aliphatic carbocycles. The van der Waals surface area contributed by atoms with Crippen LogP contribution in [0, 0.1) is 5.92 Å². The molecule has 7 heteroatoms. The second-order valence-corrected chi connectivity index (χ2v) is 8.15. The van der Waals surface area contributed by atoms with E-state index in [0.29, 0.717) is 29.7 Å². The summed E-state index contributed by atoms with van der Waals surface area (Å²) in [7, 11) is -3.53. The number of benzene rings is 1. The van der Waals surface area contributed by atoms with E-state index in [1.165, 1.54) is 0 Å². The fourth-order valence-corrected chi connectivity index (χ4v) is 3.46. The quantitative estimate of drug-likeness (QED) is 0.842. The van der Waals surface area contributed by atoms with E-state index < -0.39 is 10.0 Å². The zero-order chi connectivity index (χ0) is 16.3. The third-order valence-electron chi connectivity index (χ3n) is 3.93. The van der Waals surface area contributed by atoms with Crippen molar-refractivity contribution >= 4 is 33.2 Å². The first kappa shape index (κ1) is 17.1. The summed E-state index contributed by atoms with van der Waals surface area (Å²) in [4.78, 5) is 14.1. The highest BCUT2D eigenvalue weighted by atomic mass is 35.5. The van der Waals surface area contributed by atoms with E-state index in [0.717, 1.165) is 23.4 Å². The average molecular weight is 345 g/mol. The van der Waals surface area contributed by atoms with Crippen LogP contribution in [0.2, 0.25) is 5.02 Å². The number of hydrogen-bond acceptors (Lipinski definition) is 3. The standard InChI is InChI=1S/C15H21ClN2O3S/c1-12-7-9-17(10-8-12)15(19)11-18(22(2,20)21)14-5-3-13(16)4-6-14/h3-6,12H,7-11H2,1-2H3. The first-order valence-corrected chi connectivity index (χ1v) is 9.51. The van der Waals surface area contributed by atoms with E-state index in [-0.39, 0.29) is 12.5 Å². The van der Waals surface area contributed by atoms with Gasteiger partial charge in [-0.1, -0.05) is 18.5 Å². The molecule has 122 valence electrons. The van der Waals surface area contributed by atoms with Gasteiger partial charge in [-0.15, -0.1) is 0 Å². The van der Waals surface area contributed by atoms with Gasteiger partial charge in [0.15, 0.2) is 0 Å². The Balaban J connectivity index is 2.14. The molecule has 1 aromatic rings. The number of carbonyl (C=O) groups excluding carboxylic acids is 1. The molecular weight excluding hydrogens is 324 g/mol. The Bertz CT molecular complexity index is 623. The molecule has 5 nitrogen and oxygen atoms in total. The summed E-state index contributed by atoms with van der Waals surface area (Å²) in [5.41, 5.74) is 0.450. The minimum atomic E-state index is -3.53. The third-order valence-corrected chi connectivity index (χ3v) is 5.32. The lowest BCUT2D eigenvalue weighted by Gasteiger charge is -2.32. The average Bonchev–Trinajstić information content (AvgIpc) is 2.45. The number of likely N-dealkylation sites (tertiary alicyclic amines) is 1. The first-order chi connectivity index (χ1) is 10.3. The molecule has 2 rings (SSSR count). The number of anilines is 1. The van der Waals surface area contributed by atoms with Gasteiger partial charge >= 0.3 is 0 Å². The molecular formula is C15H21ClN2O3S. The van der Waals surface area contributed by atoms with Gasteiger partial charge < -0.3 is 4.90 Å². The van der Waals surface area contributed by atoms with E-state index in [4.69, 9.17) is 11.6 Å². The molecule has 1 aliphatic rings. The van der Waals surface area contributed by atoms with Crippen LogP contribution in [0.15, 0.2) is 24.3 Å². The van der Waals surface area contributed by atoms with E-state index in [1.54, 1.807) is 29.2 Å². The van der Waals surface area contributed by atoms with Crippen molar-refractivity contribution < 1.29 is 13.2 Å². The number of halogens is 1. The fraction of sp³-hybridized carbons (Fsp3) is 0.533. The molecule has 0 spiro atoms. The van der Waals surface area contributed by atoms with Gasteiger partial charge in [-0.2, -0.15) is 0 Å². The van der Waals surface area contributed by atoms with Crippen molar-refractivity contribution in [3.8, 4) is 0 Å². The van der Waals surface area contributed by atoms with E-state index in [1.807, 2.05) is 0 Å². The Morgan fingerprint density at radius 1 is 1.27 bits per heavy atom. The number of rotatable bonds is 4. The number of amides is 1. The minimum absolute atomic E-state index is 0.160. The molecule has 1 aliphatic heterocycles. The normalized spacial score (nSPS) is 16.6. The Labute approximate surface area is 136 Å². The molecule has 1 amide bonds. The number of carbonyl (C=O) groups is 1. The molecule has 0 radical (unpaired) electrons. The minimum Gasteiger partial charge on any atom is -0.341 e. The SMILES string of the molecule is CC1CCN(C(=O)CN(c2ccc(Cl)cc2)S(C)(=O)=O)CC1.